The number of nitrogens with one attached hydrogen (secondary N) is 1. The first-order chi connectivity index (χ1) is 8.88. The van der Waals surface area contributed by atoms with Gasteiger partial charge in [0, 0.05) is 18.5 Å². The third kappa shape index (κ3) is 2.11. The minimum absolute atomic E-state index is 0.613. The Morgan fingerprint density at radius 2 is 2.39 bits per heavy atom. The van der Waals surface area contributed by atoms with E-state index in [1.165, 1.54) is 0 Å². The van der Waals surface area contributed by atoms with Gasteiger partial charge in [0.05, 0.1) is 23.8 Å². The Balaban J connectivity index is 2.09. The van der Waals surface area contributed by atoms with E-state index in [0.717, 1.165) is 47.3 Å². The molecular weight excluding hydrogens is 246 g/mol. The van der Waals surface area contributed by atoms with Crippen LogP contribution < -0.4 is 5.32 Å². The molecule has 2 aromatic rings. The molecule has 0 saturated heterocycles. The van der Waals surface area contributed by atoms with Crippen molar-refractivity contribution in [3.63, 3.8) is 0 Å². The van der Waals surface area contributed by atoms with Crippen LogP contribution in [0.4, 0.5) is 5.82 Å². The van der Waals surface area contributed by atoms with Crippen LogP contribution in [0, 0.1) is 0 Å². The second-order valence-electron chi connectivity index (χ2n) is 4.13. The van der Waals surface area contributed by atoms with Gasteiger partial charge in [0.15, 0.2) is 5.82 Å². The second kappa shape index (κ2) is 5.04. The van der Waals surface area contributed by atoms with Gasteiger partial charge in [-0.2, -0.15) is 0 Å². The molecule has 3 rings (SSSR count). The zero-order valence-electron chi connectivity index (χ0n) is 10.3. The van der Waals surface area contributed by atoms with E-state index in [0.29, 0.717) is 6.61 Å². The number of anilines is 1. The number of thiophene rings is 1. The number of fused-ring (bicyclic) bond motifs is 1. The van der Waals surface area contributed by atoms with Crippen molar-refractivity contribution in [1.29, 1.82) is 0 Å². The van der Waals surface area contributed by atoms with Gasteiger partial charge in [-0.1, -0.05) is 6.07 Å². The predicted molar refractivity (Wildman–Crippen MR) is 72.9 cm³/mol. The molecule has 0 bridgehead atoms. The van der Waals surface area contributed by atoms with Crippen molar-refractivity contribution in [2.75, 3.05) is 18.5 Å². The van der Waals surface area contributed by atoms with Crippen LogP contribution in [-0.2, 0) is 17.8 Å². The molecule has 3 heterocycles. The van der Waals surface area contributed by atoms with Gasteiger partial charge in [-0.3, -0.25) is 0 Å². The summed E-state index contributed by atoms with van der Waals surface area (Å²) in [6.07, 6.45) is 0.870. The van der Waals surface area contributed by atoms with Crippen molar-refractivity contribution < 1.29 is 4.74 Å². The highest BCUT2D eigenvalue weighted by molar-refractivity contribution is 7.13. The van der Waals surface area contributed by atoms with Crippen molar-refractivity contribution in [2.45, 2.75) is 20.0 Å². The summed E-state index contributed by atoms with van der Waals surface area (Å²) in [6, 6.07) is 4.08. The topological polar surface area (TPSA) is 47.0 Å². The van der Waals surface area contributed by atoms with Gasteiger partial charge in [-0.15, -0.1) is 11.3 Å². The summed E-state index contributed by atoms with van der Waals surface area (Å²) >= 11 is 1.67. The highest BCUT2D eigenvalue weighted by Crippen LogP contribution is 2.28. The molecule has 0 aromatic carbocycles. The molecule has 1 aliphatic heterocycles. The minimum Gasteiger partial charge on any atom is -0.376 e. The lowest BCUT2D eigenvalue weighted by Crippen LogP contribution is -2.17. The Labute approximate surface area is 110 Å². The van der Waals surface area contributed by atoms with E-state index in [4.69, 9.17) is 4.74 Å². The molecule has 0 spiro atoms. The summed E-state index contributed by atoms with van der Waals surface area (Å²) in [5, 5.41) is 5.36. The van der Waals surface area contributed by atoms with E-state index in [9.17, 15) is 0 Å². The van der Waals surface area contributed by atoms with Crippen molar-refractivity contribution >= 4 is 17.2 Å². The molecule has 0 saturated carbocycles. The number of hydrogen-bond acceptors (Lipinski definition) is 5. The first-order valence-corrected chi connectivity index (χ1v) is 7.01. The van der Waals surface area contributed by atoms with Crippen molar-refractivity contribution in [1.82, 2.24) is 9.97 Å². The van der Waals surface area contributed by atoms with Crippen LogP contribution >= 0.6 is 11.3 Å². The summed E-state index contributed by atoms with van der Waals surface area (Å²) in [5.41, 5.74) is 2.24. The molecule has 0 fully saturated rings. The second-order valence-corrected chi connectivity index (χ2v) is 5.08. The van der Waals surface area contributed by atoms with Crippen LogP contribution in [0.2, 0.25) is 0 Å². The lowest BCUT2D eigenvalue weighted by molar-refractivity contribution is 0.109. The fourth-order valence-electron chi connectivity index (χ4n) is 2.06. The first-order valence-electron chi connectivity index (χ1n) is 6.13. The average molecular weight is 261 g/mol. The summed E-state index contributed by atoms with van der Waals surface area (Å²) in [7, 11) is 0. The smallest absolute Gasteiger partial charge is 0.171 e. The van der Waals surface area contributed by atoms with Gasteiger partial charge < -0.3 is 10.1 Å². The minimum atomic E-state index is 0.613. The van der Waals surface area contributed by atoms with Crippen LogP contribution in [0.1, 0.15) is 18.2 Å². The van der Waals surface area contributed by atoms with Crippen LogP contribution in [0.5, 0.6) is 0 Å². The molecule has 5 heteroatoms. The molecule has 0 unspecified atom stereocenters. The Bertz CT molecular complexity index is 539. The number of ether oxygens (including phenoxy) is 1. The van der Waals surface area contributed by atoms with E-state index < -0.39 is 0 Å². The maximum Gasteiger partial charge on any atom is 0.171 e. The molecule has 1 N–H and O–H groups in total. The number of aromatic nitrogens is 2. The highest BCUT2D eigenvalue weighted by atomic mass is 32.1. The molecule has 0 aliphatic carbocycles. The molecule has 18 heavy (non-hydrogen) atoms. The van der Waals surface area contributed by atoms with Crippen molar-refractivity contribution in [3.8, 4) is 10.7 Å². The van der Waals surface area contributed by atoms with Gasteiger partial charge >= 0.3 is 0 Å². The van der Waals surface area contributed by atoms with Gasteiger partial charge in [-0.25, -0.2) is 9.97 Å². The predicted octanol–water partition coefficient (Wildman–Crippen LogP) is 2.71. The normalized spacial score (nSPS) is 14.3. The van der Waals surface area contributed by atoms with E-state index in [1.54, 1.807) is 11.3 Å². The number of rotatable bonds is 3. The number of nitrogens with zero attached hydrogens (tertiary/aromatic N) is 2. The van der Waals surface area contributed by atoms with Crippen LogP contribution in [0.15, 0.2) is 17.5 Å². The molecule has 94 valence electrons. The summed E-state index contributed by atoms with van der Waals surface area (Å²) in [5.74, 6) is 1.74. The van der Waals surface area contributed by atoms with Crippen molar-refractivity contribution in [3.05, 3.63) is 28.8 Å². The molecule has 0 atom stereocenters. The Hall–Kier alpha value is -1.46. The average Bonchev–Trinajstić information content (AvgIpc) is 2.93. The Kier molecular flexibility index (Phi) is 3.25. The van der Waals surface area contributed by atoms with E-state index in [1.807, 2.05) is 11.4 Å². The third-order valence-corrected chi connectivity index (χ3v) is 3.77. The SMILES string of the molecule is CCNc1nc(-c2cccs2)nc2c1COCC2. The van der Waals surface area contributed by atoms with Crippen molar-refractivity contribution in [2.24, 2.45) is 0 Å². The maximum absolute atomic E-state index is 5.50. The Morgan fingerprint density at radius 3 is 3.17 bits per heavy atom. The Morgan fingerprint density at radius 1 is 1.44 bits per heavy atom. The molecule has 0 radical (unpaired) electrons. The molecule has 2 aromatic heterocycles. The molecule has 1 aliphatic rings. The zero-order chi connectivity index (χ0) is 12.4. The van der Waals surface area contributed by atoms with E-state index in [-0.39, 0.29) is 0 Å². The highest BCUT2D eigenvalue weighted by Gasteiger charge is 2.18. The molecule has 0 amide bonds. The maximum atomic E-state index is 5.50. The molecular formula is C13H15N3OS. The standard InChI is InChI=1S/C13H15N3OS/c1-2-14-12-9-8-17-6-5-10(9)15-13(16-12)11-4-3-7-18-11/h3-4,7H,2,5-6,8H2,1H3,(H,14,15,16). The number of hydrogen-bond donors (Lipinski definition) is 1. The largest absolute Gasteiger partial charge is 0.376 e. The van der Waals surface area contributed by atoms with Crippen LogP contribution in [-0.4, -0.2) is 23.1 Å². The van der Waals surface area contributed by atoms with Crippen LogP contribution in [0.3, 0.4) is 0 Å². The van der Waals surface area contributed by atoms with Gasteiger partial charge in [0.25, 0.3) is 0 Å². The van der Waals surface area contributed by atoms with E-state index in [2.05, 4.69) is 28.3 Å². The summed E-state index contributed by atoms with van der Waals surface area (Å²) in [4.78, 5) is 10.4. The summed E-state index contributed by atoms with van der Waals surface area (Å²) < 4.78 is 5.50. The lowest BCUT2D eigenvalue weighted by Gasteiger charge is -2.19. The zero-order valence-corrected chi connectivity index (χ0v) is 11.1. The monoisotopic (exact) mass is 261 g/mol. The van der Waals surface area contributed by atoms with Gasteiger partial charge in [0.1, 0.15) is 5.82 Å². The fraction of sp³-hybridized carbons (Fsp3) is 0.385. The fourth-order valence-corrected chi connectivity index (χ4v) is 2.72. The first kappa shape index (κ1) is 11.6. The quantitative estimate of drug-likeness (QED) is 0.923. The lowest BCUT2D eigenvalue weighted by atomic mass is 10.1. The van der Waals surface area contributed by atoms with Gasteiger partial charge in [-0.05, 0) is 18.4 Å². The third-order valence-electron chi connectivity index (χ3n) is 2.91. The van der Waals surface area contributed by atoms with E-state index >= 15 is 0 Å². The van der Waals surface area contributed by atoms with Gasteiger partial charge in [0.2, 0.25) is 0 Å². The molecule has 4 nitrogen and oxygen atoms in total. The summed E-state index contributed by atoms with van der Waals surface area (Å²) in [6.45, 7) is 4.29. The van der Waals surface area contributed by atoms with Crippen LogP contribution in [0.25, 0.3) is 10.7 Å².